The first-order valence-electron chi connectivity index (χ1n) is 5.80. The van der Waals surface area contributed by atoms with Crippen molar-refractivity contribution in [3.63, 3.8) is 0 Å². The van der Waals surface area contributed by atoms with Gasteiger partial charge >= 0.3 is 0 Å². The Morgan fingerprint density at radius 1 is 1.41 bits per heavy atom. The summed E-state index contributed by atoms with van der Waals surface area (Å²) >= 11 is 0. The normalized spacial score (nSPS) is 10.0. The van der Waals surface area contributed by atoms with Crippen LogP contribution in [0.2, 0.25) is 0 Å². The van der Waals surface area contributed by atoms with Crippen LogP contribution in [-0.4, -0.2) is 26.6 Å². The van der Waals surface area contributed by atoms with Gasteiger partial charge < -0.3 is 15.4 Å². The zero-order valence-electron chi connectivity index (χ0n) is 10.5. The molecule has 0 fully saturated rings. The highest BCUT2D eigenvalue weighted by Crippen LogP contribution is 2.12. The summed E-state index contributed by atoms with van der Waals surface area (Å²) in [6.45, 7) is 1.42. The first-order chi connectivity index (χ1) is 8.26. The van der Waals surface area contributed by atoms with E-state index < -0.39 is 0 Å². The maximum atomic E-state index is 11.5. The molecule has 94 valence electrons. The van der Waals surface area contributed by atoms with Gasteiger partial charge in [-0.1, -0.05) is 12.1 Å². The molecule has 0 bridgehead atoms. The Balaban J connectivity index is 2.31. The van der Waals surface area contributed by atoms with Crippen LogP contribution in [-0.2, 0) is 11.3 Å². The Morgan fingerprint density at radius 2 is 2.24 bits per heavy atom. The molecule has 4 nitrogen and oxygen atoms in total. The number of carbonyl (C=O) groups excluding carboxylic acids is 1. The lowest BCUT2D eigenvalue weighted by molar-refractivity contribution is -0.121. The molecular weight excluding hydrogens is 216 g/mol. The number of carbonyl (C=O) groups is 1. The number of rotatable bonds is 7. The predicted octanol–water partition coefficient (Wildman–Crippen LogP) is 1.31. The van der Waals surface area contributed by atoms with Crippen LogP contribution in [0.3, 0.4) is 0 Å². The number of hydrogen-bond donors (Lipinski definition) is 2. The first kappa shape index (κ1) is 13.5. The molecule has 1 rings (SSSR count). The third kappa shape index (κ3) is 5.36. The highest BCUT2D eigenvalue weighted by Gasteiger charge is 2.01. The first-order valence-corrected chi connectivity index (χ1v) is 5.80. The molecule has 0 aliphatic carbocycles. The molecular formula is C13H20N2O2. The van der Waals surface area contributed by atoms with Crippen LogP contribution < -0.4 is 15.4 Å². The smallest absolute Gasteiger partial charge is 0.220 e. The summed E-state index contributed by atoms with van der Waals surface area (Å²) < 4.78 is 5.12. The highest BCUT2D eigenvalue weighted by molar-refractivity contribution is 5.75. The fraction of sp³-hybridized carbons (Fsp3) is 0.462. The van der Waals surface area contributed by atoms with E-state index in [2.05, 4.69) is 10.6 Å². The monoisotopic (exact) mass is 236 g/mol. The fourth-order valence-electron chi connectivity index (χ4n) is 1.50. The molecule has 0 unspecified atom stereocenters. The van der Waals surface area contributed by atoms with Crippen LogP contribution in [0.5, 0.6) is 5.75 Å². The number of hydrogen-bond acceptors (Lipinski definition) is 3. The molecule has 0 spiro atoms. The van der Waals surface area contributed by atoms with Gasteiger partial charge in [0.15, 0.2) is 0 Å². The third-order valence-corrected chi connectivity index (χ3v) is 2.45. The Kier molecular flexibility index (Phi) is 6.10. The van der Waals surface area contributed by atoms with Gasteiger partial charge in [-0.2, -0.15) is 0 Å². The van der Waals surface area contributed by atoms with Crippen molar-refractivity contribution in [1.29, 1.82) is 0 Å². The number of amides is 1. The Hall–Kier alpha value is -1.55. The zero-order chi connectivity index (χ0) is 12.5. The van der Waals surface area contributed by atoms with Crippen LogP contribution in [0.4, 0.5) is 0 Å². The van der Waals surface area contributed by atoms with E-state index in [0.29, 0.717) is 13.0 Å². The molecule has 0 atom stereocenters. The van der Waals surface area contributed by atoms with E-state index in [4.69, 9.17) is 4.74 Å². The molecule has 1 aromatic rings. The van der Waals surface area contributed by atoms with Crippen molar-refractivity contribution in [3.05, 3.63) is 29.8 Å². The summed E-state index contributed by atoms with van der Waals surface area (Å²) in [4.78, 5) is 11.5. The molecule has 4 heteroatoms. The second-order valence-corrected chi connectivity index (χ2v) is 3.84. The van der Waals surface area contributed by atoms with E-state index >= 15 is 0 Å². The van der Waals surface area contributed by atoms with Crippen molar-refractivity contribution < 1.29 is 9.53 Å². The second kappa shape index (κ2) is 7.68. The van der Waals surface area contributed by atoms with Crippen molar-refractivity contribution in [2.45, 2.75) is 19.4 Å². The number of benzene rings is 1. The van der Waals surface area contributed by atoms with Crippen molar-refractivity contribution in [2.75, 3.05) is 20.7 Å². The van der Waals surface area contributed by atoms with E-state index in [9.17, 15) is 4.79 Å². The SMILES string of the molecule is CNCCCC(=O)NCc1cccc(OC)c1. The average molecular weight is 236 g/mol. The minimum Gasteiger partial charge on any atom is -0.497 e. The highest BCUT2D eigenvalue weighted by atomic mass is 16.5. The van der Waals surface area contributed by atoms with Crippen LogP contribution in [0.1, 0.15) is 18.4 Å². The quantitative estimate of drug-likeness (QED) is 0.702. The molecule has 0 aliphatic rings. The van der Waals surface area contributed by atoms with Crippen LogP contribution in [0, 0.1) is 0 Å². The van der Waals surface area contributed by atoms with Crippen LogP contribution in [0.25, 0.3) is 0 Å². The van der Waals surface area contributed by atoms with Crippen molar-refractivity contribution >= 4 is 5.91 Å². The number of methoxy groups -OCH3 is 1. The van der Waals surface area contributed by atoms with Gasteiger partial charge in [0.1, 0.15) is 5.75 Å². The van der Waals surface area contributed by atoms with Crippen molar-refractivity contribution in [2.24, 2.45) is 0 Å². The second-order valence-electron chi connectivity index (χ2n) is 3.84. The molecule has 0 saturated carbocycles. The Labute approximate surface area is 102 Å². The predicted molar refractivity (Wildman–Crippen MR) is 68.0 cm³/mol. The summed E-state index contributed by atoms with van der Waals surface area (Å²) in [6, 6.07) is 7.70. The molecule has 0 saturated heterocycles. The fourth-order valence-corrected chi connectivity index (χ4v) is 1.50. The van der Waals surface area contributed by atoms with Gasteiger partial charge in [-0.05, 0) is 37.7 Å². The molecule has 1 amide bonds. The summed E-state index contributed by atoms with van der Waals surface area (Å²) in [6.07, 6.45) is 1.42. The lowest BCUT2D eigenvalue weighted by Gasteiger charge is -2.06. The Bertz CT molecular complexity index is 353. The van der Waals surface area contributed by atoms with Crippen molar-refractivity contribution in [3.8, 4) is 5.75 Å². The maximum Gasteiger partial charge on any atom is 0.220 e. The lowest BCUT2D eigenvalue weighted by atomic mass is 10.2. The van der Waals surface area contributed by atoms with E-state index in [-0.39, 0.29) is 5.91 Å². The minimum atomic E-state index is 0.0862. The standard InChI is InChI=1S/C13H20N2O2/c1-14-8-4-7-13(16)15-10-11-5-3-6-12(9-11)17-2/h3,5-6,9,14H,4,7-8,10H2,1-2H3,(H,15,16). The van der Waals surface area contributed by atoms with Gasteiger partial charge in [0, 0.05) is 13.0 Å². The summed E-state index contributed by atoms with van der Waals surface area (Å²) in [5.74, 6) is 0.898. The molecule has 2 N–H and O–H groups in total. The summed E-state index contributed by atoms with van der Waals surface area (Å²) in [5, 5.41) is 5.90. The minimum absolute atomic E-state index is 0.0862. The van der Waals surface area contributed by atoms with Gasteiger partial charge in [0.05, 0.1) is 7.11 Å². The largest absolute Gasteiger partial charge is 0.497 e. The van der Waals surface area contributed by atoms with E-state index in [1.165, 1.54) is 0 Å². The maximum absolute atomic E-state index is 11.5. The van der Waals surface area contributed by atoms with Crippen molar-refractivity contribution in [1.82, 2.24) is 10.6 Å². The molecule has 1 aromatic carbocycles. The summed E-state index contributed by atoms with van der Waals surface area (Å²) in [7, 11) is 3.52. The number of ether oxygens (including phenoxy) is 1. The summed E-state index contributed by atoms with van der Waals surface area (Å²) in [5.41, 5.74) is 1.05. The zero-order valence-corrected chi connectivity index (χ0v) is 10.5. The molecule has 0 radical (unpaired) electrons. The van der Waals surface area contributed by atoms with E-state index in [0.717, 1.165) is 24.3 Å². The molecule has 0 aromatic heterocycles. The van der Waals surface area contributed by atoms with Gasteiger partial charge in [0.2, 0.25) is 5.91 Å². The number of nitrogens with one attached hydrogen (secondary N) is 2. The Morgan fingerprint density at radius 3 is 2.94 bits per heavy atom. The van der Waals surface area contributed by atoms with Crippen LogP contribution >= 0.6 is 0 Å². The lowest BCUT2D eigenvalue weighted by Crippen LogP contribution is -2.23. The average Bonchev–Trinajstić information content (AvgIpc) is 2.37. The molecule has 0 aliphatic heterocycles. The van der Waals surface area contributed by atoms with Gasteiger partial charge in [-0.3, -0.25) is 4.79 Å². The van der Waals surface area contributed by atoms with Gasteiger partial charge in [-0.15, -0.1) is 0 Å². The third-order valence-electron chi connectivity index (χ3n) is 2.45. The van der Waals surface area contributed by atoms with E-state index in [1.54, 1.807) is 7.11 Å². The van der Waals surface area contributed by atoms with Gasteiger partial charge in [-0.25, -0.2) is 0 Å². The molecule has 17 heavy (non-hydrogen) atoms. The van der Waals surface area contributed by atoms with E-state index in [1.807, 2.05) is 31.3 Å². The topological polar surface area (TPSA) is 50.4 Å². The van der Waals surface area contributed by atoms with Gasteiger partial charge in [0.25, 0.3) is 0 Å². The van der Waals surface area contributed by atoms with Crippen LogP contribution in [0.15, 0.2) is 24.3 Å². The molecule has 0 heterocycles.